The van der Waals surface area contributed by atoms with Crippen LogP contribution in [0.5, 0.6) is 0 Å². The fourth-order valence-electron chi connectivity index (χ4n) is 3.29. The van der Waals surface area contributed by atoms with Gasteiger partial charge >= 0.3 is 0 Å². The van der Waals surface area contributed by atoms with E-state index in [1.807, 2.05) is 12.3 Å². The van der Waals surface area contributed by atoms with Gasteiger partial charge in [0.1, 0.15) is 17.8 Å². The maximum atomic E-state index is 11.9. The molecule has 0 aliphatic heterocycles. The largest absolute Gasteiger partial charge is 0.367 e. The molecular formula is C16H18N6O. The molecule has 1 fully saturated rings. The predicted molar refractivity (Wildman–Crippen MR) is 87.3 cm³/mol. The molecule has 1 saturated carbocycles. The van der Waals surface area contributed by atoms with Gasteiger partial charge in [-0.25, -0.2) is 14.6 Å². The Morgan fingerprint density at radius 1 is 1.17 bits per heavy atom. The first kappa shape index (κ1) is 13.9. The van der Waals surface area contributed by atoms with E-state index in [1.165, 1.54) is 0 Å². The number of rotatable bonds is 3. The molecule has 2 N–H and O–H groups in total. The van der Waals surface area contributed by atoms with Crippen molar-refractivity contribution < 1.29 is 0 Å². The van der Waals surface area contributed by atoms with Crippen LogP contribution >= 0.6 is 0 Å². The molecule has 0 atom stereocenters. The van der Waals surface area contributed by atoms with Gasteiger partial charge < -0.3 is 10.3 Å². The van der Waals surface area contributed by atoms with Gasteiger partial charge in [0.2, 0.25) is 0 Å². The third-order valence-electron chi connectivity index (χ3n) is 4.48. The van der Waals surface area contributed by atoms with Crippen LogP contribution in [-0.4, -0.2) is 30.8 Å². The zero-order valence-corrected chi connectivity index (χ0v) is 12.6. The van der Waals surface area contributed by atoms with Crippen molar-refractivity contribution in [2.45, 2.75) is 37.8 Å². The molecule has 0 bridgehead atoms. The van der Waals surface area contributed by atoms with Crippen molar-refractivity contribution in [2.24, 2.45) is 0 Å². The highest BCUT2D eigenvalue weighted by atomic mass is 16.1. The van der Waals surface area contributed by atoms with E-state index in [1.54, 1.807) is 29.3 Å². The fourth-order valence-corrected chi connectivity index (χ4v) is 3.29. The molecule has 0 saturated heterocycles. The van der Waals surface area contributed by atoms with Gasteiger partial charge in [-0.15, -0.1) is 0 Å². The van der Waals surface area contributed by atoms with E-state index in [0.29, 0.717) is 6.04 Å². The third-order valence-corrected chi connectivity index (χ3v) is 4.48. The highest BCUT2D eigenvalue weighted by Gasteiger charge is 2.24. The molecule has 7 nitrogen and oxygen atoms in total. The Bertz CT molecular complexity index is 862. The van der Waals surface area contributed by atoms with Crippen molar-refractivity contribution in [3.8, 4) is 0 Å². The van der Waals surface area contributed by atoms with Gasteiger partial charge in [0, 0.05) is 24.5 Å². The first-order chi connectivity index (χ1) is 11.3. The van der Waals surface area contributed by atoms with Crippen molar-refractivity contribution in [1.82, 2.24) is 24.7 Å². The van der Waals surface area contributed by atoms with Crippen LogP contribution < -0.4 is 10.9 Å². The Balaban J connectivity index is 1.45. The van der Waals surface area contributed by atoms with Crippen molar-refractivity contribution in [3.63, 3.8) is 0 Å². The minimum atomic E-state index is -0.0197. The number of hydrogen-bond donors (Lipinski definition) is 2. The van der Waals surface area contributed by atoms with Crippen molar-refractivity contribution >= 4 is 16.9 Å². The summed E-state index contributed by atoms with van der Waals surface area (Å²) in [6, 6.07) is 5.79. The first-order valence-electron chi connectivity index (χ1n) is 7.90. The molecule has 0 aromatic carbocycles. The smallest absolute Gasteiger partial charge is 0.266 e. The Kier molecular flexibility index (Phi) is 3.53. The molecule has 3 heterocycles. The fraction of sp³-hybridized carbons (Fsp3) is 0.375. The van der Waals surface area contributed by atoms with Crippen LogP contribution in [0.1, 0.15) is 31.7 Å². The number of aromatic nitrogens is 5. The topological polar surface area (TPSA) is 88.5 Å². The standard InChI is InChI=1S/C16H18N6O/c23-14-2-1-8-20-22(14)12-5-3-11(4-6-12)21-16-13-7-9-17-15(13)18-10-19-16/h1-2,7-12H,3-6H2,(H2,17,18,19,21). The van der Waals surface area contributed by atoms with E-state index in [2.05, 4.69) is 25.4 Å². The average molecular weight is 310 g/mol. The minimum Gasteiger partial charge on any atom is -0.367 e. The minimum absolute atomic E-state index is 0.0197. The van der Waals surface area contributed by atoms with Gasteiger partial charge in [0.05, 0.1) is 11.4 Å². The average Bonchev–Trinajstić information content (AvgIpc) is 3.06. The van der Waals surface area contributed by atoms with E-state index in [4.69, 9.17) is 0 Å². The van der Waals surface area contributed by atoms with E-state index < -0.39 is 0 Å². The molecule has 3 aromatic rings. The summed E-state index contributed by atoms with van der Waals surface area (Å²) in [7, 11) is 0. The zero-order valence-electron chi connectivity index (χ0n) is 12.6. The Labute approximate surface area is 132 Å². The third kappa shape index (κ3) is 2.69. The van der Waals surface area contributed by atoms with Crippen LogP contribution in [0.25, 0.3) is 11.0 Å². The summed E-state index contributed by atoms with van der Waals surface area (Å²) in [6.07, 6.45) is 8.98. The van der Waals surface area contributed by atoms with E-state index in [-0.39, 0.29) is 11.6 Å². The van der Waals surface area contributed by atoms with Crippen molar-refractivity contribution in [2.75, 3.05) is 5.32 Å². The zero-order chi connectivity index (χ0) is 15.6. The molecule has 3 aromatic heterocycles. The van der Waals surface area contributed by atoms with Crippen molar-refractivity contribution in [1.29, 1.82) is 0 Å². The summed E-state index contributed by atoms with van der Waals surface area (Å²) in [5.41, 5.74) is 0.824. The highest BCUT2D eigenvalue weighted by Crippen LogP contribution is 2.29. The number of aromatic amines is 1. The lowest BCUT2D eigenvalue weighted by Gasteiger charge is -2.29. The summed E-state index contributed by atoms with van der Waals surface area (Å²) < 4.78 is 1.62. The second kappa shape index (κ2) is 5.83. The molecule has 7 heteroatoms. The molecule has 1 aliphatic rings. The molecule has 23 heavy (non-hydrogen) atoms. The molecule has 0 unspecified atom stereocenters. The lowest BCUT2D eigenvalue weighted by molar-refractivity contribution is 0.303. The summed E-state index contributed by atoms with van der Waals surface area (Å²) in [4.78, 5) is 23.5. The maximum Gasteiger partial charge on any atom is 0.266 e. The van der Waals surface area contributed by atoms with Crippen LogP contribution in [0, 0.1) is 0 Å². The predicted octanol–water partition coefficient (Wildman–Crippen LogP) is 2.11. The molecule has 4 rings (SSSR count). The molecular weight excluding hydrogens is 292 g/mol. The Morgan fingerprint density at radius 3 is 2.87 bits per heavy atom. The monoisotopic (exact) mass is 310 g/mol. The van der Waals surface area contributed by atoms with Gasteiger partial charge in [-0.3, -0.25) is 4.79 Å². The summed E-state index contributed by atoms with van der Waals surface area (Å²) in [5.74, 6) is 0.870. The van der Waals surface area contributed by atoms with Crippen LogP contribution in [0.15, 0.2) is 41.7 Å². The van der Waals surface area contributed by atoms with Crippen LogP contribution in [-0.2, 0) is 0 Å². The van der Waals surface area contributed by atoms with Gasteiger partial charge in [-0.1, -0.05) is 0 Å². The normalized spacial score (nSPS) is 21.4. The summed E-state index contributed by atoms with van der Waals surface area (Å²) >= 11 is 0. The lowest BCUT2D eigenvalue weighted by Crippen LogP contribution is -2.33. The number of hydrogen-bond acceptors (Lipinski definition) is 5. The quantitative estimate of drug-likeness (QED) is 0.773. The summed E-state index contributed by atoms with van der Waals surface area (Å²) in [5, 5.41) is 8.73. The van der Waals surface area contributed by atoms with E-state index >= 15 is 0 Å². The lowest BCUT2D eigenvalue weighted by atomic mass is 9.91. The number of H-pyrrole nitrogens is 1. The van der Waals surface area contributed by atoms with Gasteiger partial charge in [0.25, 0.3) is 5.56 Å². The maximum absolute atomic E-state index is 11.9. The van der Waals surface area contributed by atoms with Gasteiger partial charge in [-0.05, 0) is 37.8 Å². The van der Waals surface area contributed by atoms with Gasteiger partial charge in [0.15, 0.2) is 0 Å². The van der Waals surface area contributed by atoms with E-state index in [9.17, 15) is 4.79 Å². The van der Waals surface area contributed by atoms with Gasteiger partial charge in [-0.2, -0.15) is 5.10 Å². The number of nitrogens with zero attached hydrogens (tertiary/aromatic N) is 4. The molecule has 0 amide bonds. The van der Waals surface area contributed by atoms with Crippen LogP contribution in [0.3, 0.4) is 0 Å². The first-order valence-corrected chi connectivity index (χ1v) is 7.90. The second-order valence-electron chi connectivity index (χ2n) is 5.92. The molecule has 1 aliphatic carbocycles. The highest BCUT2D eigenvalue weighted by molar-refractivity contribution is 5.86. The Morgan fingerprint density at radius 2 is 2.04 bits per heavy atom. The van der Waals surface area contributed by atoms with Crippen LogP contribution in [0.2, 0.25) is 0 Å². The Hall–Kier alpha value is -2.70. The number of fused-ring (bicyclic) bond motifs is 1. The number of nitrogens with one attached hydrogen (secondary N) is 2. The van der Waals surface area contributed by atoms with E-state index in [0.717, 1.165) is 42.5 Å². The number of anilines is 1. The second-order valence-corrected chi connectivity index (χ2v) is 5.92. The summed E-state index contributed by atoms with van der Waals surface area (Å²) in [6.45, 7) is 0. The SMILES string of the molecule is O=c1cccnn1C1CCC(Nc2ncnc3[nH]ccc23)CC1. The molecule has 0 radical (unpaired) electrons. The van der Waals surface area contributed by atoms with Crippen molar-refractivity contribution in [3.05, 3.63) is 47.3 Å². The molecule has 0 spiro atoms. The molecule has 118 valence electrons. The van der Waals surface area contributed by atoms with Crippen LogP contribution in [0.4, 0.5) is 5.82 Å².